The van der Waals surface area contributed by atoms with E-state index in [-0.39, 0.29) is 6.03 Å². The van der Waals surface area contributed by atoms with E-state index in [1.54, 1.807) is 4.90 Å². The number of anilines is 1. The van der Waals surface area contributed by atoms with Crippen molar-refractivity contribution in [2.24, 2.45) is 0 Å². The zero-order valence-corrected chi connectivity index (χ0v) is 7.58. The maximum Gasteiger partial charge on any atom is 0.322 e. The Kier molecular flexibility index (Phi) is 1.93. The highest BCUT2D eigenvalue weighted by molar-refractivity contribution is 5.92. The number of hydrogen-bond acceptors (Lipinski definition) is 1. The molecule has 0 radical (unpaired) electrons. The lowest BCUT2D eigenvalue weighted by Gasteiger charge is -2.28. The average Bonchev–Trinajstić information content (AvgIpc) is 2.17. The molecule has 0 fully saturated rings. The molecule has 1 aromatic carbocycles. The van der Waals surface area contributed by atoms with E-state index in [0.717, 1.165) is 18.8 Å². The van der Waals surface area contributed by atoms with E-state index in [1.165, 1.54) is 5.56 Å². The Morgan fingerprint density at radius 1 is 1.46 bits per heavy atom. The van der Waals surface area contributed by atoms with Crippen molar-refractivity contribution in [3.8, 4) is 0 Å². The van der Waals surface area contributed by atoms with Crippen LogP contribution in [0.5, 0.6) is 0 Å². The molecule has 0 atom stereocenters. The predicted molar refractivity (Wildman–Crippen MR) is 51.5 cm³/mol. The molecular formula is C10H12N2O. The summed E-state index contributed by atoms with van der Waals surface area (Å²) in [5, 5.41) is 2.85. The van der Waals surface area contributed by atoms with Gasteiger partial charge in [0.2, 0.25) is 0 Å². The zero-order valence-electron chi connectivity index (χ0n) is 7.58. The molecule has 0 aromatic heterocycles. The molecule has 1 aromatic rings. The van der Waals surface area contributed by atoms with Gasteiger partial charge in [-0.15, -0.1) is 0 Å². The van der Waals surface area contributed by atoms with Gasteiger partial charge in [-0.2, -0.15) is 0 Å². The Hall–Kier alpha value is -1.51. The zero-order chi connectivity index (χ0) is 9.26. The van der Waals surface area contributed by atoms with Gasteiger partial charge in [0.25, 0.3) is 0 Å². The molecular weight excluding hydrogens is 164 g/mol. The standard InChI is InChI=1S/C10H12N2O/c1-2-12-7-8-5-3-4-6-9(8)11-10(12)13/h3-6H,2,7H2,1H3,(H,11,13). The number of rotatable bonds is 1. The van der Waals surface area contributed by atoms with Crippen LogP contribution in [0, 0.1) is 0 Å². The molecule has 3 nitrogen and oxygen atoms in total. The van der Waals surface area contributed by atoms with Gasteiger partial charge in [0.05, 0.1) is 0 Å². The van der Waals surface area contributed by atoms with Gasteiger partial charge >= 0.3 is 6.03 Å². The first-order chi connectivity index (χ1) is 6.31. The van der Waals surface area contributed by atoms with Gasteiger partial charge in [0, 0.05) is 18.8 Å². The minimum absolute atomic E-state index is 0.00111. The van der Waals surface area contributed by atoms with Crippen molar-refractivity contribution in [2.75, 3.05) is 11.9 Å². The first-order valence-corrected chi connectivity index (χ1v) is 4.45. The minimum Gasteiger partial charge on any atom is -0.320 e. The van der Waals surface area contributed by atoms with E-state index in [1.807, 2.05) is 31.2 Å². The maximum absolute atomic E-state index is 11.4. The lowest BCUT2D eigenvalue weighted by Crippen LogP contribution is -2.38. The third-order valence-corrected chi connectivity index (χ3v) is 2.29. The highest BCUT2D eigenvalue weighted by Crippen LogP contribution is 2.21. The van der Waals surface area contributed by atoms with Crippen molar-refractivity contribution in [3.63, 3.8) is 0 Å². The fourth-order valence-electron chi connectivity index (χ4n) is 1.51. The van der Waals surface area contributed by atoms with Gasteiger partial charge in [-0.05, 0) is 18.6 Å². The highest BCUT2D eigenvalue weighted by atomic mass is 16.2. The number of nitrogens with one attached hydrogen (secondary N) is 1. The number of carbonyl (C=O) groups excluding carboxylic acids is 1. The van der Waals surface area contributed by atoms with Crippen LogP contribution in [0.4, 0.5) is 10.5 Å². The van der Waals surface area contributed by atoms with Gasteiger partial charge in [-0.25, -0.2) is 4.79 Å². The Balaban J connectivity index is 2.33. The summed E-state index contributed by atoms with van der Waals surface area (Å²) < 4.78 is 0. The summed E-state index contributed by atoms with van der Waals surface area (Å²) in [4.78, 5) is 13.2. The van der Waals surface area contributed by atoms with Gasteiger partial charge < -0.3 is 10.2 Å². The van der Waals surface area contributed by atoms with E-state index < -0.39 is 0 Å². The Morgan fingerprint density at radius 2 is 2.23 bits per heavy atom. The van der Waals surface area contributed by atoms with Gasteiger partial charge in [0.1, 0.15) is 0 Å². The number of para-hydroxylation sites is 1. The normalized spacial score (nSPS) is 15.2. The molecule has 0 bridgehead atoms. The van der Waals surface area contributed by atoms with Crippen LogP contribution in [0.3, 0.4) is 0 Å². The molecule has 1 aliphatic rings. The van der Waals surface area contributed by atoms with Crippen LogP contribution in [-0.2, 0) is 6.54 Å². The number of nitrogens with zero attached hydrogens (tertiary/aromatic N) is 1. The van der Waals surface area contributed by atoms with Crippen LogP contribution in [0.25, 0.3) is 0 Å². The molecule has 0 spiro atoms. The molecule has 1 aliphatic heterocycles. The van der Waals surface area contributed by atoms with E-state index >= 15 is 0 Å². The van der Waals surface area contributed by atoms with Gasteiger partial charge in [0.15, 0.2) is 0 Å². The van der Waals surface area contributed by atoms with Crippen molar-refractivity contribution in [3.05, 3.63) is 29.8 Å². The molecule has 0 unspecified atom stereocenters. The lowest BCUT2D eigenvalue weighted by molar-refractivity contribution is 0.210. The molecule has 0 aliphatic carbocycles. The smallest absolute Gasteiger partial charge is 0.320 e. The molecule has 0 saturated carbocycles. The highest BCUT2D eigenvalue weighted by Gasteiger charge is 2.19. The summed E-state index contributed by atoms with van der Waals surface area (Å²) >= 11 is 0. The summed E-state index contributed by atoms with van der Waals surface area (Å²) in [5.41, 5.74) is 2.13. The molecule has 0 saturated heterocycles. The topological polar surface area (TPSA) is 32.3 Å². The van der Waals surface area contributed by atoms with Crippen molar-refractivity contribution in [1.29, 1.82) is 0 Å². The second-order valence-corrected chi connectivity index (χ2v) is 3.10. The average molecular weight is 176 g/mol. The molecule has 13 heavy (non-hydrogen) atoms. The lowest BCUT2D eigenvalue weighted by atomic mass is 10.1. The number of fused-ring (bicyclic) bond motifs is 1. The fraction of sp³-hybridized carbons (Fsp3) is 0.300. The van der Waals surface area contributed by atoms with E-state index in [2.05, 4.69) is 5.32 Å². The van der Waals surface area contributed by atoms with Crippen LogP contribution >= 0.6 is 0 Å². The van der Waals surface area contributed by atoms with Crippen molar-refractivity contribution in [1.82, 2.24) is 4.90 Å². The van der Waals surface area contributed by atoms with E-state index in [0.29, 0.717) is 0 Å². The monoisotopic (exact) mass is 176 g/mol. The summed E-state index contributed by atoms with van der Waals surface area (Å²) in [6, 6.07) is 7.89. The van der Waals surface area contributed by atoms with Gasteiger partial charge in [-0.3, -0.25) is 0 Å². The third kappa shape index (κ3) is 1.37. The Bertz CT molecular complexity index is 335. The van der Waals surface area contributed by atoms with Crippen LogP contribution in [-0.4, -0.2) is 17.5 Å². The van der Waals surface area contributed by atoms with Crippen LogP contribution in [0.15, 0.2) is 24.3 Å². The third-order valence-electron chi connectivity index (χ3n) is 2.29. The quantitative estimate of drug-likeness (QED) is 0.697. The molecule has 3 heteroatoms. The largest absolute Gasteiger partial charge is 0.322 e. The minimum atomic E-state index is 0.00111. The first kappa shape index (κ1) is 8.10. The van der Waals surface area contributed by atoms with Crippen LogP contribution < -0.4 is 5.32 Å². The van der Waals surface area contributed by atoms with Crippen molar-refractivity contribution < 1.29 is 4.79 Å². The number of hydrogen-bond donors (Lipinski definition) is 1. The van der Waals surface area contributed by atoms with Crippen LogP contribution in [0.1, 0.15) is 12.5 Å². The molecule has 1 N–H and O–H groups in total. The maximum atomic E-state index is 11.4. The molecule has 68 valence electrons. The van der Waals surface area contributed by atoms with Crippen molar-refractivity contribution >= 4 is 11.7 Å². The SMILES string of the molecule is CCN1Cc2ccccc2NC1=O. The molecule has 2 rings (SSSR count). The number of carbonyl (C=O) groups is 1. The Labute approximate surface area is 77.4 Å². The van der Waals surface area contributed by atoms with Gasteiger partial charge in [-0.1, -0.05) is 18.2 Å². The molecule has 1 heterocycles. The summed E-state index contributed by atoms with van der Waals surface area (Å²) in [7, 11) is 0. The molecule has 2 amide bonds. The summed E-state index contributed by atoms with van der Waals surface area (Å²) in [6.07, 6.45) is 0. The predicted octanol–water partition coefficient (Wildman–Crippen LogP) is 2.05. The second-order valence-electron chi connectivity index (χ2n) is 3.10. The summed E-state index contributed by atoms with van der Waals surface area (Å²) in [5.74, 6) is 0. The van der Waals surface area contributed by atoms with Crippen molar-refractivity contribution in [2.45, 2.75) is 13.5 Å². The number of amides is 2. The number of urea groups is 1. The first-order valence-electron chi connectivity index (χ1n) is 4.45. The Morgan fingerprint density at radius 3 is 3.00 bits per heavy atom. The number of benzene rings is 1. The summed E-state index contributed by atoms with van der Waals surface area (Å²) in [6.45, 7) is 3.45. The second kappa shape index (κ2) is 3.09. The van der Waals surface area contributed by atoms with E-state index in [4.69, 9.17) is 0 Å². The van der Waals surface area contributed by atoms with E-state index in [9.17, 15) is 4.79 Å². The van der Waals surface area contributed by atoms with Crippen LogP contribution in [0.2, 0.25) is 0 Å². The fourth-order valence-corrected chi connectivity index (χ4v) is 1.51.